The Hall–Kier alpha value is -2.73. The Morgan fingerprint density at radius 3 is 2.77 bits per heavy atom. The van der Waals surface area contributed by atoms with Crippen molar-refractivity contribution in [1.82, 2.24) is 0 Å². The van der Waals surface area contributed by atoms with Gasteiger partial charge in [-0.3, -0.25) is 9.59 Å². The summed E-state index contributed by atoms with van der Waals surface area (Å²) in [5.41, 5.74) is 5.05. The molecule has 0 fully saturated rings. The lowest BCUT2D eigenvalue weighted by molar-refractivity contribution is -0.119. The molecule has 22 heavy (non-hydrogen) atoms. The van der Waals surface area contributed by atoms with Gasteiger partial charge in [0.15, 0.2) is 6.61 Å². The average Bonchev–Trinajstić information content (AvgIpc) is 2.45. The number of carbonyl (C=O) groups is 1. The molecule has 0 bridgehead atoms. The first-order valence-corrected chi connectivity index (χ1v) is 6.63. The van der Waals surface area contributed by atoms with Crippen LogP contribution in [0.1, 0.15) is 0 Å². The summed E-state index contributed by atoms with van der Waals surface area (Å²) in [5, 5.41) is 10.7. The summed E-state index contributed by atoms with van der Waals surface area (Å²) in [5.74, 6) is -0.804. The van der Waals surface area contributed by atoms with Crippen molar-refractivity contribution in [3.8, 4) is 11.5 Å². The summed E-state index contributed by atoms with van der Waals surface area (Å²) in [6, 6.07) is 7.25. The van der Waals surface area contributed by atoms with E-state index in [9.17, 15) is 14.7 Å². The largest absolute Gasteiger partial charge is 0.507 e. The van der Waals surface area contributed by atoms with Crippen molar-refractivity contribution in [2.75, 3.05) is 6.61 Å². The fourth-order valence-corrected chi connectivity index (χ4v) is 2.32. The van der Waals surface area contributed by atoms with Crippen LogP contribution in [-0.2, 0) is 4.79 Å². The molecule has 0 aliphatic carbocycles. The van der Waals surface area contributed by atoms with Gasteiger partial charge in [0, 0.05) is 17.2 Å². The van der Waals surface area contributed by atoms with Gasteiger partial charge in [0.25, 0.3) is 5.91 Å². The van der Waals surface area contributed by atoms with E-state index in [4.69, 9.17) is 26.5 Å². The highest BCUT2D eigenvalue weighted by Gasteiger charge is 2.14. The van der Waals surface area contributed by atoms with Crippen LogP contribution in [0.2, 0.25) is 5.02 Å². The van der Waals surface area contributed by atoms with Gasteiger partial charge in [-0.15, -0.1) is 0 Å². The topological polar surface area (TPSA) is 103 Å². The quantitative estimate of drug-likeness (QED) is 0.720. The second-order valence-corrected chi connectivity index (χ2v) is 5.08. The highest BCUT2D eigenvalue weighted by atomic mass is 35.5. The highest BCUT2D eigenvalue weighted by molar-refractivity contribution is 6.31. The van der Waals surface area contributed by atoms with Crippen molar-refractivity contribution in [2.45, 2.75) is 0 Å². The third-order valence-electron chi connectivity index (χ3n) is 3.07. The summed E-state index contributed by atoms with van der Waals surface area (Å²) in [4.78, 5) is 23.2. The van der Waals surface area contributed by atoms with E-state index in [1.807, 2.05) is 0 Å². The molecule has 3 aromatic rings. The number of benzene rings is 2. The van der Waals surface area contributed by atoms with Crippen LogP contribution in [0.3, 0.4) is 0 Å². The summed E-state index contributed by atoms with van der Waals surface area (Å²) in [6.45, 7) is -0.349. The molecule has 112 valence electrons. The number of halogens is 1. The van der Waals surface area contributed by atoms with E-state index < -0.39 is 11.3 Å². The molecule has 1 heterocycles. The average molecular weight is 320 g/mol. The van der Waals surface area contributed by atoms with Gasteiger partial charge in [-0.1, -0.05) is 11.6 Å². The van der Waals surface area contributed by atoms with E-state index in [2.05, 4.69) is 0 Å². The summed E-state index contributed by atoms with van der Waals surface area (Å²) < 4.78 is 10.7. The van der Waals surface area contributed by atoms with E-state index >= 15 is 0 Å². The molecular formula is C15H10ClNO5. The molecule has 2 aromatic carbocycles. The van der Waals surface area contributed by atoms with Gasteiger partial charge in [-0.2, -0.15) is 0 Å². The monoisotopic (exact) mass is 319 g/mol. The molecule has 3 rings (SSSR count). The Bertz CT molecular complexity index is 963. The van der Waals surface area contributed by atoms with Crippen LogP contribution >= 0.6 is 11.6 Å². The van der Waals surface area contributed by atoms with Crippen molar-refractivity contribution < 1.29 is 19.1 Å². The van der Waals surface area contributed by atoms with E-state index in [0.717, 1.165) is 0 Å². The van der Waals surface area contributed by atoms with Crippen molar-refractivity contribution in [3.05, 3.63) is 45.6 Å². The van der Waals surface area contributed by atoms with Gasteiger partial charge in [0.2, 0.25) is 5.43 Å². The molecule has 0 aliphatic rings. The SMILES string of the molecule is NC(=O)COc1cc(O)c2c(=O)c3cc(Cl)ccc3oc2c1. The molecule has 0 saturated heterocycles. The van der Waals surface area contributed by atoms with Crippen molar-refractivity contribution in [3.63, 3.8) is 0 Å². The maximum atomic E-state index is 12.4. The molecule has 0 aliphatic heterocycles. The number of hydrogen-bond acceptors (Lipinski definition) is 5. The van der Waals surface area contributed by atoms with Crippen LogP contribution in [0.4, 0.5) is 0 Å². The first-order chi connectivity index (χ1) is 10.5. The predicted molar refractivity (Wildman–Crippen MR) is 81.4 cm³/mol. The first kappa shape index (κ1) is 14.2. The van der Waals surface area contributed by atoms with Gasteiger partial charge in [-0.25, -0.2) is 0 Å². The van der Waals surface area contributed by atoms with Crippen molar-refractivity contribution >= 4 is 39.4 Å². The van der Waals surface area contributed by atoms with Gasteiger partial charge in [0.05, 0.1) is 5.39 Å². The number of hydrogen-bond donors (Lipinski definition) is 2. The van der Waals surface area contributed by atoms with Crippen LogP contribution < -0.4 is 15.9 Å². The number of carbonyl (C=O) groups excluding carboxylic acids is 1. The second kappa shape index (κ2) is 5.23. The number of ether oxygens (including phenoxy) is 1. The Morgan fingerprint density at radius 1 is 1.27 bits per heavy atom. The Kier molecular flexibility index (Phi) is 3.38. The zero-order chi connectivity index (χ0) is 15.9. The number of rotatable bonds is 3. The zero-order valence-corrected chi connectivity index (χ0v) is 11.9. The van der Waals surface area contributed by atoms with Gasteiger partial charge >= 0.3 is 0 Å². The maximum Gasteiger partial charge on any atom is 0.255 e. The smallest absolute Gasteiger partial charge is 0.255 e. The molecule has 1 aromatic heterocycles. The molecule has 7 heteroatoms. The normalized spacial score (nSPS) is 11.0. The van der Waals surface area contributed by atoms with E-state index in [1.54, 1.807) is 12.1 Å². The number of phenolic OH excluding ortho intramolecular Hbond substituents is 1. The molecule has 0 radical (unpaired) electrons. The Morgan fingerprint density at radius 2 is 2.05 bits per heavy atom. The summed E-state index contributed by atoms with van der Waals surface area (Å²) >= 11 is 5.87. The van der Waals surface area contributed by atoms with E-state index in [1.165, 1.54) is 18.2 Å². The molecule has 3 N–H and O–H groups in total. The number of aromatic hydroxyl groups is 1. The van der Waals surface area contributed by atoms with Crippen molar-refractivity contribution in [1.29, 1.82) is 0 Å². The lowest BCUT2D eigenvalue weighted by atomic mass is 10.1. The standard InChI is InChI=1S/C15H10ClNO5/c16-7-1-2-11-9(3-7)15(20)14-10(18)4-8(5-12(14)22-11)21-6-13(17)19/h1-5,18H,6H2,(H2,17,19). The molecular weight excluding hydrogens is 310 g/mol. The minimum absolute atomic E-state index is 0.0150. The fourth-order valence-electron chi connectivity index (χ4n) is 2.14. The number of amides is 1. The fraction of sp³-hybridized carbons (Fsp3) is 0.0667. The minimum atomic E-state index is -0.658. The molecule has 0 saturated carbocycles. The number of fused-ring (bicyclic) bond motifs is 2. The number of primary amides is 1. The van der Waals surface area contributed by atoms with Crippen LogP contribution in [0, 0.1) is 0 Å². The third-order valence-corrected chi connectivity index (χ3v) is 3.30. The molecule has 0 unspecified atom stereocenters. The third kappa shape index (κ3) is 2.44. The van der Waals surface area contributed by atoms with Crippen LogP contribution in [0.25, 0.3) is 21.9 Å². The zero-order valence-electron chi connectivity index (χ0n) is 11.1. The summed E-state index contributed by atoms with van der Waals surface area (Å²) in [6.07, 6.45) is 0. The van der Waals surface area contributed by atoms with E-state index in [-0.39, 0.29) is 34.5 Å². The molecule has 1 amide bonds. The Labute approximate surface area is 128 Å². The first-order valence-electron chi connectivity index (χ1n) is 6.26. The minimum Gasteiger partial charge on any atom is -0.507 e. The lowest BCUT2D eigenvalue weighted by Crippen LogP contribution is -2.20. The summed E-state index contributed by atoms with van der Waals surface area (Å²) in [7, 11) is 0. The van der Waals surface area contributed by atoms with Gasteiger partial charge in [0.1, 0.15) is 28.1 Å². The Balaban J connectivity index is 2.26. The van der Waals surface area contributed by atoms with Crippen molar-refractivity contribution in [2.24, 2.45) is 5.73 Å². The highest BCUT2D eigenvalue weighted by Crippen LogP contribution is 2.31. The molecule has 0 spiro atoms. The second-order valence-electron chi connectivity index (χ2n) is 4.64. The van der Waals surface area contributed by atoms with E-state index in [0.29, 0.717) is 10.6 Å². The molecule has 6 nitrogen and oxygen atoms in total. The van der Waals surface area contributed by atoms with Crippen LogP contribution in [0.5, 0.6) is 11.5 Å². The maximum absolute atomic E-state index is 12.4. The number of phenols is 1. The van der Waals surface area contributed by atoms with Gasteiger partial charge in [-0.05, 0) is 18.2 Å². The molecule has 0 atom stereocenters. The predicted octanol–water partition coefficient (Wildman–Crippen LogP) is 2.17. The van der Waals surface area contributed by atoms with Crippen LogP contribution in [0.15, 0.2) is 39.5 Å². The number of nitrogens with two attached hydrogens (primary N) is 1. The van der Waals surface area contributed by atoms with Gasteiger partial charge < -0.3 is 20.0 Å². The van der Waals surface area contributed by atoms with Crippen LogP contribution in [-0.4, -0.2) is 17.6 Å². The lowest BCUT2D eigenvalue weighted by Gasteiger charge is -2.07.